The fourth-order valence-electron chi connectivity index (χ4n) is 0. The zero-order chi connectivity index (χ0) is 4.50. The summed E-state index contributed by atoms with van der Waals surface area (Å²) >= 11 is 0. The molecule has 0 aromatic rings. The molecular formula is H8MnN2O4P-. The molecule has 0 aliphatic rings. The fourth-order valence-corrected chi connectivity index (χ4v) is 0. The van der Waals surface area contributed by atoms with E-state index in [0.29, 0.717) is 0 Å². The van der Waals surface area contributed by atoms with Crippen molar-refractivity contribution in [2.45, 2.75) is 0 Å². The molecule has 0 atom stereocenters. The average molecular weight is 186 g/mol. The minimum atomic E-state index is -5.39. The second-order valence-electron chi connectivity index (χ2n) is 0.447. The molecule has 0 saturated heterocycles. The van der Waals surface area contributed by atoms with Gasteiger partial charge < -0.3 is 31.5 Å². The fraction of sp³-hybridized carbons (Fsp3) is 0. The van der Waals surface area contributed by atoms with Crippen LogP contribution >= 0.6 is 7.82 Å². The van der Waals surface area contributed by atoms with E-state index < -0.39 is 7.82 Å². The van der Waals surface area contributed by atoms with Crippen LogP contribution in [0.5, 0.6) is 0 Å². The third-order valence-electron chi connectivity index (χ3n) is 0. The Labute approximate surface area is 57.2 Å². The zero-order valence-electron chi connectivity index (χ0n) is 4.46. The third kappa shape index (κ3) is 668. The molecule has 6 nitrogen and oxygen atoms in total. The predicted molar refractivity (Wildman–Crippen MR) is 19.6 cm³/mol. The van der Waals surface area contributed by atoms with Crippen molar-refractivity contribution in [2.75, 3.05) is 0 Å². The van der Waals surface area contributed by atoms with E-state index in [1.807, 2.05) is 0 Å². The van der Waals surface area contributed by atoms with Gasteiger partial charge in [-0.25, -0.2) is 0 Å². The maximum Gasteiger partial charge on any atom is 0 e. The van der Waals surface area contributed by atoms with Crippen molar-refractivity contribution in [3.8, 4) is 0 Å². The first-order valence-corrected chi connectivity index (χ1v) is 2.19. The molecule has 1 radical (unpaired) electrons. The molecule has 8 heteroatoms. The van der Waals surface area contributed by atoms with Gasteiger partial charge in [-0.3, -0.25) is 0 Å². The molecule has 8 heavy (non-hydrogen) atoms. The molecule has 0 spiro atoms. The van der Waals surface area contributed by atoms with Gasteiger partial charge in [-0.15, -0.1) is 0 Å². The topological polar surface area (TPSA) is 159 Å². The zero-order valence-corrected chi connectivity index (χ0v) is 6.53. The van der Waals surface area contributed by atoms with E-state index in [2.05, 4.69) is 0 Å². The van der Waals surface area contributed by atoms with Crippen molar-refractivity contribution in [3.63, 3.8) is 0 Å². The van der Waals surface area contributed by atoms with Crippen molar-refractivity contribution < 1.29 is 36.3 Å². The average Bonchev–Trinajstić information content (AvgIpc) is 0.722. The molecular weight excluding hydrogens is 178 g/mol. The minimum absolute atomic E-state index is 0. The van der Waals surface area contributed by atoms with E-state index in [-0.39, 0.29) is 29.4 Å². The molecule has 0 aliphatic carbocycles. The van der Waals surface area contributed by atoms with Crippen LogP contribution in [0.25, 0.3) is 0 Å². The minimum Gasteiger partial charge on any atom is -0.822 e. The van der Waals surface area contributed by atoms with Gasteiger partial charge in [0.15, 0.2) is 0 Å². The molecule has 8 N–H and O–H groups in total. The number of hydrogen-bond acceptors (Lipinski definition) is 4. The van der Waals surface area contributed by atoms with Gasteiger partial charge in [-0.2, -0.15) is 7.82 Å². The molecule has 55 valence electrons. The van der Waals surface area contributed by atoms with Gasteiger partial charge in [0.25, 0.3) is 0 Å². The van der Waals surface area contributed by atoms with Gasteiger partial charge in [0, 0.05) is 17.1 Å². The standard InChI is InChI=1S/Mn.2H3N.H3O4P/c;;;1-5(2,3)4/h;2*1H3;(H3,1,2,3,4)/p-1. The van der Waals surface area contributed by atoms with Crippen molar-refractivity contribution in [1.82, 2.24) is 12.3 Å². The summed E-state index contributed by atoms with van der Waals surface area (Å²) < 4.78 is 8.55. The largest absolute Gasteiger partial charge is 0.822 e. The smallest absolute Gasteiger partial charge is 0 e. The maximum atomic E-state index is 8.55. The van der Waals surface area contributed by atoms with E-state index in [1.54, 1.807) is 0 Å². The molecule has 0 heterocycles. The van der Waals surface area contributed by atoms with Crippen LogP contribution in [-0.2, 0) is 21.6 Å². The number of quaternary nitrogens is 2. The molecule has 0 unspecified atom stereocenters. The summed E-state index contributed by atoms with van der Waals surface area (Å²) in [5.41, 5.74) is 0. The molecule has 0 amide bonds. The summed E-state index contributed by atoms with van der Waals surface area (Å²) in [7, 11) is -5.39. The Hall–Kier alpha value is 0.549. The van der Waals surface area contributed by atoms with Crippen molar-refractivity contribution in [1.29, 1.82) is 0 Å². The van der Waals surface area contributed by atoms with Crippen molar-refractivity contribution in [2.24, 2.45) is 0 Å². The molecule has 0 aliphatic heterocycles. The summed E-state index contributed by atoms with van der Waals surface area (Å²) in [6.07, 6.45) is 0. The van der Waals surface area contributed by atoms with Crippen LogP contribution in [0.4, 0.5) is 0 Å². The van der Waals surface area contributed by atoms with Gasteiger partial charge in [0.2, 0.25) is 0 Å². The Bertz CT molecular complexity index is 60.2. The first kappa shape index (κ1) is 23.5. The summed E-state index contributed by atoms with van der Waals surface area (Å²) in [4.78, 5) is 25.6. The third-order valence-corrected chi connectivity index (χ3v) is 0. The van der Waals surface area contributed by atoms with Crippen LogP contribution in [0.15, 0.2) is 0 Å². The summed E-state index contributed by atoms with van der Waals surface area (Å²) in [6.45, 7) is 0. The Balaban J connectivity index is -0.0000000267. The normalized spacial score (nSPS) is 7.38. The summed E-state index contributed by atoms with van der Waals surface area (Å²) in [5, 5.41) is 0. The molecule has 0 bridgehead atoms. The van der Waals surface area contributed by atoms with E-state index in [0.717, 1.165) is 0 Å². The Morgan fingerprint density at radius 3 is 1.00 bits per heavy atom. The summed E-state index contributed by atoms with van der Waals surface area (Å²) in [5.74, 6) is 0. The van der Waals surface area contributed by atoms with Crippen LogP contribution in [0.1, 0.15) is 0 Å². The molecule has 0 fully saturated rings. The first-order chi connectivity index (χ1) is 2.00. The van der Waals surface area contributed by atoms with Gasteiger partial charge in [-0.1, -0.05) is 0 Å². The Morgan fingerprint density at radius 2 is 1.00 bits per heavy atom. The summed E-state index contributed by atoms with van der Waals surface area (Å²) in [6, 6.07) is 0. The van der Waals surface area contributed by atoms with Crippen LogP contribution in [0, 0.1) is 0 Å². The van der Waals surface area contributed by atoms with Gasteiger partial charge in [0.05, 0.1) is 0 Å². The quantitative estimate of drug-likeness (QED) is 0.328. The second-order valence-corrected chi connectivity index (χ2v) is 1.34. The Morgan fingerprint density at radius 1 is 1.00 bits per heavy atom. The number of rotatable bonds is 0. The predicted octanol–water partition coefficient (Wildman–Crippen LogP) is -2.07. The number of hydrogen-bond donors (Lipinski definition) is 2. The van der Waals surface area contributed by atoms with E-state index >= 15 is 0 Å². The van der Waals surface area contributed by atoms with Crippen molar-refractivity contribution >= 4 is 7.82 Å². The monoisotopic (exact) mass is 186 g/mol. The molecule has 0 aromatic heterocycles. The SMILES string of the molecule is O=P([O-])([O-])[O-].[Mn].[NH4+].[NH4+]. The molecule has 0 saturated carbocycles. The van der Waals surface area contributed by atoms with Crippen molar-refractivity contribution in [3.05, 3.63) is 0 Å². The van der Waals surface area contributed by atoms with Crippen LogP contribution in [0.2, 0.25) is 0 Å². The molecule has 0 rings (SSSR count). The van der Waals surface area contributed by atoms with E-state index in [9.17, 15) is 0 Å². The van der Waals surface area contributed by atoms with Crippen LogP contribution < -0.4 is 27.0 Å². The second kappa shape index (κ2) is 7.55. The first-order valence-electron chi connectivity index (χ1n) is 0.730. The molecule has 0 aromatic carbocycles. The van der Waals surface area contributed by atoms with Gasteiger partial charge in [-0.05, 0) is 0 Å². The van der Waals surface area contributed by atoms with E-state index in [4.69, 9.17) is 19.2 Å². The van der Waals surface area contributed by atoms with Crippen LogP contribution in [-0.4, -0.2) is 0 Å². The van der Waals surface area contributed by atoms with Crippen LogP contribution in [0.3, 0.4) is 0 Å². The van der Waals surface area contributed by atoms with E-state index in [1.165, 1.54) is 0 Å². The Kier molecular flexibility index (Phi) is 22.2. The maximum absolute atomic E-state index is 8.55. The number of phosphoric acid groups is 1. The van der Waals surface area contributed by atoms with Gasteiger partial charge in [0.1, 0.15) is 0 Å². The van der Waals surface area contributed by atoms with Gasteiger partial charge >= 0.3 is 0 Å².